The molecule has 1 unspecified atom stereocenters. The largest absolute Gasteiger partial charge is 0.496 e. The summed E-state index contributed by atoms with van der Waals surface area (Å²) in [4.78, 5) is 0. The lowest BCUT2D eigenvalue weighted by molar-refractivity contribution is 0.405. The first-order chi connectivity index (χ1) is 9.97. The summed E-state index contributed by atoms with van der Waals surface area (Å²) >= 11 is 3.57. The van der Waals surface area contributed by atoms with Gasteiger partial charge in [-0.25, -0.2) is 4.39 Å². The van der Waals surface area contributed by atoms with Crippen molar-refractivity contribution in [1.82, 2.24) is 5.32 Å². The lowest BCUT2D eigenvalue weighted by Gasteiger charge is -2.22. The van der Waals surface area contributed by atoms with E-state index < -0.39 is 0 Å². The van der Waals surface area contributed by atoms with E-state index in [1.54, 1.807) is 13.2 Å². The number of hydrogen-bond donors (Lipinski definition) is 1. The highest BCUT2D eigenvalue weighted by atomic mass is 79.9. The van der Waals surface area contributed by atoms with Crippen LogP contribution in [0.25, 0.3) is 0 Å². The van der Waals surface area contributed by atoms with E-state index in [1.807, 2.05) is 33.0 Å². The SMILES string of the molecule is CNC(c1ccc(F)cc1C)c1cc(Br)c(C)cc1OC. The van der Waals surface area contributed by atoms with E-state index in [-0.39, 0.29) is 11.9 Å². The Labute approximate surface area is 133 Å². The van der Waals surface area contributed by atoms with Crippen LogP contribution in [0.1, 0.15) is 28.3 Å². The van der Waals surface area contributed by atoms with E-state index >= 15 is 0 Å². The Balaban J connectivity index is 2.58. The fraction of sp³-hybridized carbons (Fsp3) is 0.294. The second-order valence-corrected chi connectivity index (χ2v) is 5.92. The van der Waals surface area contributed by atoms with Crippen LogP contribution in [0.4, 0.5) is 4.39 Å². The summed E-state index contributed by atoms with van der Waals surface area (Å²) in [6.45, 7) is 3.94. The predicted octanol–water partition coefficient (Wildman–Crippen LogP) is 4.52. The lowest BCUT2D eigenvalue weighted by Crippen LogP contribution is -2.19. The Hall–Kier alpha value is -1.39. The zero-order valence-electron chi connectivity index (χ0n) is 12.6. The minimum Gasteiger partial charge on any atom is -0.496 e. The van der Waals surface area contributed by atoms with Crippen molar-refractivity contribution in [2.75, 3.05) is 14.2 Å². The molecule has 0 aliphatic carbocycles. The van der Waals surface area contributed by atoms with Crippen LogP contribution in [0.2, 0.25) is 0 Å². The second kappa shape index (κ2) is 6.58. The van der Waals surface area contributed by atoms with Gasteiger partial charge in [-0.15, -0.1) is 0 Å². The van der Waals surface area contributed by atoms with Gasteiger partial charge in [-0.05, 0) is 61.9 Å². The molecular weight excluding hydrogens is 333 g/mol. The van der Waals surface area contributed by atoms with Gasteiger partial charge in [-0.2, -0.15) is 0 Å². The maximum atomic E-state index is 13.3. The third kappa shape index (κ3) is 3.27. The number of nitrogens with one attached hydrogen (secondary N) is 1. The van der Waals surface area contributed by atoms with Crippen LogP contribution in [0.15, 0.2) is 34.8 Å². The van der Waals surface area contributed by atoms with Gasteiger partial charge in [0, 0.05) is 10.0 Å². The summed E-state index contributed by atoms with van der Waals surface area (Å²) in [7, 11) is 3.55. The van der Waals surface area contributed by atoms with Gasteiger partial charge in [0.1, 0.15) is 11.6 Å². The molecule has 0 aliphatic rings. The van der Waals surface area contributed by atoms with Crippen LogP contribution < -0.4 is 10.1 Å². The van der Waals surface area contributed by atoms with Crippen LogP contribution in [0, 0.1) is 19.7 Å². The normalized spacial score (nSPS) is 12.3. The zero-order valence-corrected chi connectivity index (χ0v) is 14.2. The number of ether oxygens (including phenoxy) is 1. The van der Waals surface area contributed by atoms with Gasteiger partial charge in [0.15, 0.2) is 0 Å². The number of rotatable bonds is 4. The first kappa shape index (κ1) is 16.0. The second-order valence-electron chi connectivity index (χ2n) is 5.07. The molecule has 21 heavy (non-hydrogen) atoms. The highest BCUT2D eigenvalue weighted by molar-refractivity contribution is 9.10. The lowest BCUT2D eigenvalue weighted by atomic mass is 9.93. The topological polar surface area (TPSA) is 21.3 Å². The van der Waals surface area contributed by atoms with Crippen molar-refractivity contribution >= 4 is 15.9 Å². The van der Waals surface area contributed by atoms with Gasteiger partial charge in [0.25, 0.3) is 0 Å². The Morgan fingerprint density at radius 3 is 2.38 bits per heavy atom. The van der Waals surface area contributed by atoms with E-state index in [2.05, 4.69) is 27.3 Å². The Kier molecular flexibility index (Phi) is 5.01. The number of aryl methyl sites for hydroxylation is 2. The van der Waals surface area contributed by atoms with E-state index in [0.717, 1.165) is 32.5 Å². The third-order valence-electron chi connectivity index (χ3n) is 3.65. The summed E-state index contributed by atoms with van der Waals surface area (Å²) in [5.41, 5.74) is 4.08. The summed E-state index contributed by atoms with van der Waals surface area (Å²) in [6.07, 6.45) is 0. The minimum absolute atomic E-state index is 0.0579. The molecule has 2 nitrogen and oxygen atoms in total. The molecule has 0 heterocycles. The number of hydrogen-bond acceptors (Lipinski definition) is 2. The Morgan fingerprint density at radius 2 is 1.81 bits per heavy atom. The standard InChI is InChI=1S/C17H19BrFNO/c1-10-7-12(19)5-6-13(10)17(20-3)14-9-15(18)11(2)8-16(14)21-4/h5-9,17,20H,1-4H3. The molecule has 0 aromatic heterocycles. The maximum Gasteiger partial charge on any atom is 0.124 e. The van der Waals surface area contributed by atoms with Crippen molar-refractivity contribution in [1.29, 1.82) is 0 Å². The number of methoxy groups -OCH3 is 1. The molecule has 2 rings (SSSR count). The molecule has 1 N–H and O–H groups in total. The first-order valence-electron chi connectivity index (χ1n) is 6.75. The zero-order chi connectivity index (χ0) is 15.6. The molecule has 112 valence electrons. The monoisotopic (exact) mass is 351 g/mol. The van der Waals surface area contributed by atoms with E-state index in [1.165, 1.54) is 6.07 Å². The molecule has 2 aromatic carbocycles. The van der Waals surface area contributed by atoms with Gasteiger partial charge in [-0.3, -0.25) is 0 Å². The molecular formula is C17H19BrFNO. The summed E-state index contributed by atoms with van der Waals surface area (Å²) in [6, 6.07) is 8.86. The van der Waals surface area contributed by atoms with Crippen molar-refractivity contribution in [3.05, 3.63) is 62.9 Å². The van der Waals surface area contributed by atoms with Crippen LogP contribution in [-0.4, -0.2) is 14.2 Å². The van der Waals surface area contributed by atoms with Crippen LogP contribution >= 0.6 is 15.9 Å². The fourth-order valence-electron chi connectivity index (χ4n) is 2.51. The van der Waals surface area contributed by atoms with E-state index in [4.69, 9.17) is 4.74 Å². The molecule has 0 radical (unpaired) electrons. The van der Waals surface area contributed by atoms with E-state index in [0.29, 0.717) is 0 Å². The maximum absolute atomic E-state index is 13.3. The summed E-state index contributed by atoms with van der Waals surface area (Å²) in [5.74, 6) is 0.599. The summed E-state index contributed by atoms with van der Waals surface area (Å²) < 4.78 is 19.9. The molecule has 0 fully saturated rings. The van der Waals surface area contributed by atoms with Crippen LogP contribution in [0.5, 0.6) is 5.75 Å². The fourth-order valence-corrected chi connectivity index (χ4v) is 2.88. The Bertz CT molecular complexity index is 657. The highest BCUT2D eigenvalue weighted by Gasteiger charge is 2.20. The third-order valence-corrected chi connectivity index (χ3v) is 4.51. The highest BCUT2D eigenvalue weighted by Crippen LogP contribution is 2.35. The van der Waals surface area contributed by atoms with Gasteiger partial charge >= 0.3 is 0 Å². The summed E-state index contributed by atoms with van der Waals surface area (Å²) in [5, 5.41) is 3.29. The van der Waals surface area contributed by atoms with Gasteiger partial charge in [-0.1, -0.05) is 22.0 Å². The van der Waals surface area contributed by atoms with Crippen molar-refractivity contribution in [3.63, 3.8) is 0 Å². The van der Waals surface area contributed by atoms with Crippen molar-refractivity contribution in [2.45, 2.75) is 19.9 Å². The van der Waals surface area contributed by atoms with Crippen molar-refractivity contribution in [2.24, 2.45) is 0 Å². The molecule has 4 heteroatoms. The molecule has 0 bridgehead atoms. The van der Waals surface area contributed by atoms with Crippen molar-refractivity contribution < 1.29 is 9.13 Å². The molecule has 1 atom stereocenters. The molecule has 0 saturated carbocycles. The molecule has 0 spiro atoms. The van der Waals surface area contributed by atoms with Crippen LogP contribution in [-0.2, 0) is 0 Å². The smallest absolute Gasteiger partial charge is 0.124 e. The molecule has 2 aromatic rings. The molecule has 0 amide bonds. The number of halogens is 2. The minimum atomic E-state index is -0.219. The van der Waals surface area contributed by atoms with Gasteiger partial charge in [0.2, 0.25) is 0 Å². The average Bonchev–Trinajstić information content (AvgIpc) is 2.45. The van der Waals surface area contributed by atoms with Crippen LogP contribution in [0.3, 0.4) is 0 Å². The molecule has 0 aliphatic heterocycles. The van der Waals surface area contributed by atoms with Gasteiger partial charge < -0.3 is 10.1 Å². The van der Waals surface area contributed by atoms with E-state index in [9.17, 15) is 4.39 Å². The average molecular weight is 352 g/mol. The quantitative estimate of drug-likeness (QED) is 0.873. The van der Waals surface area contributed by atoms with Gasteiger partial charge in [0.05, 0.1) is 13.2 Å². The van der Waals surface area contributed by atoms with Crippen molar-refractivity contribution in [3.8, 4) is 5.75 Å². The Morgan fingerprint density at radius 1 is 1.10 bits per heavy atom. The number of benzene rings is 2. The molecule has 0 saturated heterocycles. The predicted molar refractivity (Wildman–Crippen MR) is 87.5 cm³/mol. The first-order valence-corrected chi connectivity index (χ1v) is 7.54.